The van der Waals surface area contributed by atoms with Crippen LogP contribution in [0, 0.1) is 6.92 Å². The van der Waals surface area contributed by atoms with Gasteiger partial charge in [0.15, 0.2) is 0 Å². The minimum atomic E-state index is 0.261. The summed E-state index contributed by atoms with van der Waals surface area (Å²) in [4.78, 5) is 8.59. The summed E-state index contributed by atoms with van der Waals surface area (Å²) in [5.41, 5.74) is 3.56. The average molecular weight is 227 g/mol. The van der Waals surface area contributed by atoms with Crippen LogP contribution in [0.15, 0.2) is 42.9 Å². The molecule has 0 aliphatic heterocycles. The van der Waals surface area contributed by atoms with Crippen LogP contribution >= 0.6 is 0 Å². The van der Waals surface area contributed by atoms with Gasteiger partial charge in [0.05, 0.1) is 0 Å². The minimum Gasteiger partial charge on any atom is -0.313 e. The molecule has 0 aliphatic rings. The highest BCUT2D eigenvalue weighted by molar-refractivity contribution is 5.22. The first-order chi connectivity index (χ1) is 8.31. The van der Waals surface area contributed by atoms with Crippen molar-refractivity contribution in [3.8, 4) is 0 Å². The van der Waals surface area contributed by atoms with Crippen molar-refractivity contribution in [1.82, 2.24) is 15.3 Å². The van der Waals surface area contributed by atoms with E-state index in [2.05, 4.69) is 34.3 Å². The Morgan fingerprint density at radius 1 is 1.24 bits per heavy atom. The van der Waals surface area contributed by atoms with Crippen molar-refractivity contribution in [3.05, 3.63) is 59.7 Å². The summed E-state index contributed by atoms with van der Waals surface area (Å²) in [6.07, 6.45) is 6.43. The van der Waals surface area contributed by atoms with Crippen LogP contribution in [-0.2, 0) is 6.42 Å². The van der Waals surface area contributed by atoms with Crippen LogP contribution in [0.2, 0.25) is 0 Å². The van der Waals surface area contributed by atoms with E-state index in [1.165, 1.54) is 11.1 Å². The van der Waals surface area contributed by atoms with E-state index in [1.807, 2.05) is 31.6 Å². The van der Waals surface area contributed by atoms with Gasteiger partial charge in [0.2, 0.25) is 0 Å². The second-order valence-electron chi connectivity index (χ2n) is 4.10. The van der Waals surface area contributed by atoms with Crippen LogP contribution in [0.1, 0.15) is 22.9 Å². The standard InChI is InChI=1S/C14H17N3/c1-11-5-3-8-17-13(11)9-14(15-2)12-6-4-7-16-10-12/h3-8,10,14-15H,9H2,1-2H3. The van der Waals surface area contributed by atoms with E-state index in [1.54, 1.807) is 6.20 Å². The fourth-order valence-electron chi connectivity index (χ4n) is 1.89. The topological polar surface area (TPSA) is 37.8 Å². The van der Waals surface area contributed by atoms with Crippen LogP contribution in [0.3, 0.4) is 0 Å². The highest BCUT2D eigenvalue weighted by Crippen LogP contribution is 2.17. The number of likely N-dealkylation sites (N-methyl/N-ethyl adjacent to an activating group) is 1. The van der Waals surface area contributed by atoms with Crippen molar-refractivity contribution < 1.29 is 0 Å². The molecule has 3 heteroatoms. The van der Waals surface area contributed by atoms with Crippen molar-refractivity contribution in [3.63, 3.8) is 0 Å². The maximum Gasteiger partial charge on any atom is 0.0451 e. The van der Waals surface area contributed by atoms with E-state index >= 15 is 0 Å². The molecule has 1 atom stereocenters. The molecule has 0 radical (unpaired) electrons. The quantitative estimate of drug-likeness (QED) is 0.870. The molecule has 1 unspecified atom stereocenters. The number of hydrogen-bond donors (Lipinski definition) is 1. The van der Waals surface area contributed by atoms with Gasteiger partial charge in [-0.25, -0.2) is 0 Å². The Morgan fingerprint density at radius 2 is 2.06 bits per heavy atom. The van der Waals surface area contributed by atoms with Crippen LogP contribution in [0.4, 0.5) is 0 Å². The molecule has 0 aliphatic carbocycles. The van der Waals surface area contributed by atoms with Crippen molar-refractivity contribution >= 4 is 0 Å². The van der Waals surface area contributed by atoms with Gasteiger partial charge in [0.1, 0.15) is 0 Å². The molecule has 0 spiro atoms. The molecule has 88 valence electrons. The zero-order valence-electron chi connectivity index (χ0n) is 10.2. The van der Waals surface area contributed by atoms with Gasteiger partial charge in [0, 0.05) is 36.7 Å². The normalized spacial score (nSPS) is 12.4. The van der Waals surface area contributed by atoms with Crippen molar-refractivity contribution in [1.29, 1.82) is 0 Å². The van der Waals surface area contributed by atoms with Gasteiger partial charge in [-0.15, -0.1) is 0 Å². The zero-order chi connectivity index (χ0) is 12.1. The predicted molar refractivity (Wildman–Crippen MR) is 68.7 cm³/mol. The van der Waals surface area contributed by atoms with Gasteiger partial charge in [-0.1, -0.05) is 12.1 Å². The molecule has 0 fully saturated rings. The summed E-state index contributed by atoms with van der Waals surface area (Å²) in [5.74, 6) is 0. The Kier molecular flexibility index (Phi) is 3.83. The second kappa shape index (κ2) is 5.55. The summed E-state index contributed by atoms with van der Waals surface area (Å²) >= 11 is 0. The summed E-state index contributed by atoms with van der Waals surface area (Å²) < 4.78 is 0. The van der Waals surface area contributed by atoms with Gasteiger partial charge < -0.3 is 5.32 Å². The summed E-state index contributed by atoms with van der Waals surface area (Å²) in [7, 11) is 1.97. The largest absolute Gasteiger partial charge is 0.313 e. The highest BCUT2D eigenvalue weighted by Gasteiger charge is 2.11. The van der Waals surface area contributed by atoms with Crippen LogP contribution in [-0.4, -0.2) is 17.0 Å². The zero-order valence-corrected chi connectivity index (χ0v) is 10.2. The summed E-state index contributed by atoms with van der Waals surface area (Å²) in [6.45, 7) is 2.10. The maximum atomic E-state index is 4.43. The van der Waals surface area contributed by atoms with Crippen LogP contribution in [0.5, 0.6) is 0 Å². The smallest absolute Gasteiger partial charge is 0.0451 e. The molecule has 2 heterocycles. The molecule has 0 aromatic carbocycles. The molecule has 2 aromatic rings. The van der Waals surface area contributed by atoms with Gasteiger partial charge >= 0.3 is 0 Å². The molecule has 2 aromatic heterocycles. The van der Waals surface area contributed by atoms with Gasteiger partial charge in [-0.2, -0.15) is 0 Å². The first-order valence-corrected chi connectivity index (χ1v) is 5.79. The lowest BCUT2D eigenvalue weighted by Crippen LogP contribution is -2.19. The molecule has 0 amide bonds. The van der Waals surface area contributed by atoms with Gasteiger partial charge in [-0.05, 0) is 37.2 Å². The Labute approximate surface area is 102 Å². The van der Waals surface area contributed by atoms with Crippen LogP contribution in [0.25, 0.3) is 0 Å². The monoisotopic (exact) mass is 227 g/mol. The van der Waals surface area contributed by atoms with E-state index in [9.17, 15) is 0 Å². The number of hydrogen-bond acceptors (Lipinski definition) is 3. The Bertz CT molecular complexity index is 468. The molecule has 0 saturated carbocycles. The van der Waals surface area contributed by atoms with Crippen molar-refractivity contribution in [2.24, 2.45) is 0 Å². The number of nitrogens with one attached hydrogen (secondary N) is 1. The molecular formula is C14H17N3. The van der Waals surface area contributed by atoms with Gasteiger partial charge in [0.25, 0.3) is 0 Å². The van der Waals surface area contributed by atoms with E-state index in [4.69, 9.17) is 0 Å². The number of nitrogens with zero attached hydrogens (tertiary/aromatic N) is 2. The van der Waals surface area contributed by atoms with E-state index in [-0.39, 0.29) is 6.04 Å². The molecule has 0 saturated heterocycles. The van der Waals surface area contributed by atoms with E-state index < -0.39 is 0 Å². The first kappa shape index (κ1) is 11.7. The fourth-order valence-corrected chi connectivity index (χ4v) is 1.89. The lowest BCUT2D eigenvalue weighted by atomic mass is 10.0. The van der Waals surface area contributed by atoms with Crippen molar-refractivity contribution in [2.75, 3.05) is 7.05 Å². The second-order valence-corrected chi connectivity index (χ2v) is 4.10. The van der Waals surface area contributed by atoms with Crippen molar-refractivity contribution in [2.45, 2.75) is 19.4 Å². The summed E-state index contributed by atoms with van der Waals surface area (Å²) in [6, 6.07) is 8.38. The molecule has 1 N–H and O–H groups in total. The number of aryl methyl sites for hydroxylation is 1. The molecule has 0 bridgehead atoms. The highest BCUT2D eigenvalue weighted by atomic mass is 14.9. The fraction of sp³-hybridized carbons (Fsp3) is 0.286. The third kappa shape index (κ3) is 2.88. The number of aromatic nitrogens is 2. The van der Waals surface area contributed by atoms with Crippen LogP contribution < -0.4 is 5.32 Å². The molecular weight excluding hydrogens is 210 g/mol. The Balaban J connectivity index is 2.19. The Hall–Kier alpha value is -1.74. The number of pyridine rings is 2. The average Bonchev–Trinajstić information content (AvgIpc) is 2.39. The minimum absolute atomic E-state index is 0.261. The third-order valence-electron chi connectivity index (χ3n) is 2.95. The third-order valence-corrected chi connectivity index (χ3v) is 2.95. The SMILES string of the molecule is CNC(Cc1ncccc1C)c1cccnc1. The summed E-state index contributed by atoms with van der Waals surface area (Å²) in [5, 5.41) is 3.31. The molecule has 3 nitrogen and oxygen atoms in total. The predicted octanol–water partition coefficient (Wildman–Crippen LogP) is 2.29. The lowest BCUT2D eigenvalue weighted by molar-refractivity contribution is 0.580. The maximum absolute atomic E-state index is 4.43. The van der Waals surface area contributed by atoms with Gasteiger partial charge in [-0.3, -0.25) is 9.97 Å². The number of rotatable bonds is 4. The lowest BCUT2D eigenvalue weighted by Gasteiger charge is -2.16. The molecule has 2 rings (SSSR count). The molecule has 17 heavy (non-hydrogen) atoms. The van der Waals surface area contributed by atoms with E-state index in [0.29, 0.717) is 0 Å². The van der Waals surface area contributed by atoms with E-state index in [0.717, 1.165) is 12.1 Å². The Morgan fingerprint density at radius 3 is 2.71 bits per heavy atom. The first-order valence-electron chi connectivity index (χ1n) is 5.79.